The maximum atomic E-state index is 13.6. The molecule has 8 nitrogen and oxygen atoms in total. The number of benzene rings is 2. The molecule has 2 atom stereocenters. The molecular formula is C22H20FN5O3. The Kier molecular flexibility index (Phi) is 4.39. The number of anilines is 1. The molecule has 3 aliphatic heterocycles. The number of rotatable bonds is 4. The van der Waals surface area contributed by atoms with Gasteiger partial charge >= 0.3 is 6.03 Å². The van der Waals surface area contributed by atoms with Crippen molar-refractivity contribution in [3.05, 3.63) is 66.1 Å². The molecule has 9 heteroatoms. The minimum Gasteiger partial charge on any atom is -0.492 e. The Balaban J connectivity index is 1.66. The number of halogens is 1. The zero-order chi connectivity index (χ0) is 21.7. The zero-order valence-electron chi connectivity index (χ0n) is 16.9. The molecule has 3 aliphatic rings. The number of para-hydroxylation sites is 2. The summed E-state index contributed by atoms with van der Waals surface area (Å²) >= 11 is 0. The average molecular weight is 421 g/mol. The monoisotopic (exact) mass is 421 g/mol. The van der Waals surface area contributed by atoms with Crippen molar-refractivity contribution in [1.29, 1.82) is 0 Å². The van der Waals surface area contributed by atoms with Crippen LogP contribution in [0.4, 0.5) is 14.9 Å². The minimum absolute atomic E-state index is 0.340. The van der Waals surface area contributed by atoms with Crippen LogP contribution in [0, 0.1) is 5.82 Å². The number of urea groups is 1. The number of guanidine groups is 1. The maximum absolute atomic E-state index is 13.6. The predicted molar refractivity (Wildman–Crippen MR) is 113 cm³/mol. The molecular weight excluding hydrogens is 401 g/mol. The molecule has 0 spiro atoms. The maximum Gasteiger partial charge on any atom is 0.325 e. The van der Waals surface area contributed by atoms with Gasteiger partial charge in [-0.05, 0) is 43.3 Å². The van der Waals surface area contributed by atoms with E-state index in [4.69, 9.17) is 9.73 Å². The average Bonchev–Trinajstić information content (AvgIpc) is 3.30. The van der Waals surface area contributed by atoms with Crippen molar-refractivity contribution < 1.29 is 18.7 Å². The Morgan fingerprint density at radius 2 is 1.87 bits per heavy atom. The number of nitrogens with one attached hydrogen (secondary N) is 1. The summed E-state index contributed by atoms with van der Waals surface area (Å²) < 4.78 is 19.4. The molecule has 1 N–H and O–H groups in total. The Hall–Kier alpha value is -3.88. The molecule has 2 aromatic rings. The lowest BCUT2D eigenvalue weighted by molar-refractivity contribution is -0.126. The highest BCUT2D eigenvalue weighted by atomic mass is 19.1. The van der Waals surface area contributed by atoms with Gasteiger partial charge in [0.15, 0.2) is 12.2 Å². The molecule has 2 aromatic carbocycles. The van der Waals surface area contributed by atoms with Gasteiger partial charge in [0, 0.05) is 18.8 Å². The summed E-state index contributed by atoms with van der Waals surface area (Å²) in [5, 5.41) is 2.37. The van der Waals surface area contributed by atoms with Gasteiger partial charge in [0.05, 0.1) is 18.0 Å². The van der Waals surface area contributed by atoms with Gasteiger partial charge in [0.2, 0.25) is 5.96 Å². The molecule has 3 heterocycles. The van der Waals surface area contributed by atoms with Gasteiger partial charge in [0.25, 0.3) is 5.91 Å². The molecule has 0 bridgehead atoms. The Morgan fingerprint density at radius 1 is 1.13 bits per heavy atom. The smallest absolute Gasteiger partial charge is 0.325 e. The van der Waals surface area contributed by atoms with E-state index in [0.29, 0.717) is 18.3 Å². The van der Waals surface area contributed by atoms with E-state index in [1.807, 2.05) is 42.3 Å². The van der Waals surface area contributed by atoms with Gasteiger partial charge in [-0.25, -0.2) is 14.2 Å². The molecule has 0 radical (unpaired) electrons. The lowest BCUT2D eigenvalue weighted by Gasteiger charge is -2.34. The van der Waals surface area contributed by atoms with Crippen LogP contribution in [0.5, 0.6) is 5.75 Å². The van der Waals surface area contributed by atoms with Gasteiger partial charge < -0.3 is 9.64 Å². The summed E-state index contributed by atoms with van der Waals surface area (Å²) in [6.07, 6.45) is 1.16. The van der Waals surface area contributed by atoms with Crippen LogP contribution >= 0.6 is 0 Å². The van der Waals surface area contributed by atoms with Crippen molar-refractivity contribution >= 4 is 29.3 Å². The van der Waals surface area contributed by atoms with Crippen LogP contribution in [0.1, 0.15) is 12.5 Å². The summed E-state index contributed by atoms with van der Waals surface area (Å²) in [6.45, 7) is 2.37. The van der Waals surface area contributed by atoms with Crippen LogP contribution in [0.2, 0.25) is 0 Å². The third-order valence-corrected chi connectivity index (χ3v) is 5.52. The summed E-state index contributed by atoms with van der Waals surface area (Å²) in [5.41, 5.74) is 2.20. The summed E-state index contributed by atoms with van der Waals surface area (Å²) in [4.78, 5) is 34.6. The number of nitrogens with zero attached hydrogens (tertiary/aromatic N) is 4. The number of carbonyl (C=O) groups is 2. The number of likely N-dealkylation sites (N-methyl/N-ethyl adjacent to an activating group) is 1. The van der Waals surface area contributed by atoms with E-state index in [1.165, 1.54) is 17.0 Å². The number of hydrogen-bond acceptors (Lipinski definition) is 6. The van der Waals surface area contributed by atoms with Crippen LogP contribution < -0.4 is 15.0 Å². The van der Waals surface area contributed by atoms with E-state index in [0.717, 1.165) is 16.9 Å². The Morgan fingerprint density at radius 3 is 2.61 bits per heavy atom. The van der Waals surface area contributed by atoms with Crippen LogP contribution in [0.25, 0.3) is 5.70 Å². The minimum atomic E-state index is -0.697. The summed E-state index contributed by atoms with van der Waals surface area (Å²) in [7, 11) is 1.61. The van der Waals surface area contributed by atoms with E-state index < -0.39 is 24.1 Å². The third kappa shape index (κ3) is 2.92. The number of carbonyl (C=O) groups excluding carboxylic acids is 2. The summed E-state index contributed by atoms with van der Waals surface area (Å²) in [6, 6.07) is 12.4. The van der Waals surface area contributed by atoms with Crippen molar-refractivity contribution in [1.82, 2.24) is 15.1 Å². The van der Waals surface area contributed by atoms with Crippen molar-refractivity contribution in [3.63, 3.8) is 0 Å². The van der Waals surface area contributed by atoms with E-state index in [-0.39, 0.29) is 5.82 Å². The topological polar surface area (TPSA) is 77.5 Å². The molecule has 0 saturated carbocycles. The Bertz CT molecular complexity index is 1130. The van der Waals surface area contributed by atoms with E-state index in [2.05, 4.69) is 5.32 Å². The van der Waals surface area contributed by atoms with Gasteiger partial charge in [0.1, 0.15) is 11.6 Å². The first kappa shape index (κ1) is 19.1. The highest BCUT2D eigenvalue weighted by molar-refractivity contribution is 6.16. The van der Waals surface area contributed by atoms with E-state index in [9.17, 15) is 14.0 Å². The largest absolute Gasteiger partial charge is 0.492 e. The molecule has 5 rings (SSSR count). The second-order valence-electron chi connectivity index (χ2n) is 7.36. The quantitative estimate of drug-likeness (QED) is 0.821. The van der Waals surface area contributed by atoms with Gasteiger partial charge in [-0.15, -0.1) is 0 Å². The second kappa shape index (κ2) is 7.12. The van der Waals surface area contributed by atoms with Crippen molar-refractivity contribution in [2.45, 2.75) is 19.1 Å². The normalized spacial score (nSPS) is 22.1. The van der Waals surface area contributed by atoms with Crippen molar-refractivity contribution in [2.75, 3.05) is 18.6 Å². The van der Waals surface area contributed by atoms with Crippen LogP contribution in [-0.2, 0) is 4.79 Å². The van der Waals surface area contributed by atoms with Gasteiger partial charge in [-0.1, -0.05) is 12.1 Å². The lowest BCUT2D eigenvalue weighted by atomic mass is 10.1. The first-order valence-electron chi connectivity index (χ1n) is 9.93. The number of hydrogen-bond donors (Lipinski definition) is 1. The summed E-state index contributed by atoms with van der Waals surface area (Å²) in [5.74, 6) is 0.388. The van der Waals surface area contributed by atoms with Crippen LogP contribution in [0.3, 0.4) is 0 Å². The fraction of sp³-hybridized carbons (Fsp3) is 0.227. The highest BCUT2D eigenvalue weighted by Crippen LogP contribution is 2.42. The fourth-order valence-electron chi connectivity index (χ4n) is 4.06. The van der Waals surface area contributed by atoms with Gasteiger partial charge in [-0.2, -0.15) is 0 Å². The molecule has 0 aromatic heterocycles. The third-order valence-electron chi connectivity index (χ3n) is 5.52. The molecule has 31 heavy (non-hydrogen) atoms. The van der Waals surface area contributed by atoms with Crippen LogP contribution in [0.15, 0.2) is 59.7 Å². The number of fused-ring (bicyclic) bond motifs is 3. The van der Waals surface area contributed by atoms with Crippen molar-refractivity contribution in [2.24, 2.45) is 4.99 Å². The zero-order valence-corrected chi connectivity index (χ0v) is 16.9. The number of aliphatic imine (C=N–C) groups is 1. The number of amides is 3. The predicted octanol–water partition coefficient (Wildman–Crippen LogP) is 2.59. The first-order valence-corrected chi connectivity index (χ1v) is 9.93. The highest BCUT2D eigenvalue weighted by Gasteiger charge is 2.52. The molecule has 158 valence electrons. The molecule has 3 amide bonds. The van der Waals surface area contributed by atoms with Crippen LogP contribution in [-0.4, -0.2) is 53.6 Å². The second-order valence-corrected chi connectivity index (χ2v) is 7.36. The SMILES string of the molecule is CCOc1ccccc1N1C(c2ccc(F)cc2)=CN2C1=NC1C2C(=O)NC(=O)N1C. The Labute approximate surface area is 178 Å². The van der Waals surface area contributed by atoms with E-state index in [1.54, 1.807) is 24.1 Å². The molecule has 2 unspecified atom stereocenters. The fourth-order valence-corrected chi connectivity index (χ4v) is 4.06. The van der Waals surface area contributed by atoms with Gasteiger partial charge in [-0.3, -0.25) is 19.9 Å². The molecule has 1 fully saturated rings. The first-order chi connectivity index (χ1) is 15.0. The van der Waals surface area contributed by atoms with E-state index >= 15 is 0 Å². The number of ether oxygens (including phenoxy) is 1. The number of imide groups is 1. The lowest BCUT2D eigenvalue weighted by Crippen LogP contribution is -2.62. The molecule has 0 aliphatic carbocycles. The molecule has 1 saturated heterocycles. The van der Waals surface area contributed by atoms with Crippen molar-refractivity contribution in [3.8, 4) is 5.75 Å². The standard InChI is InChI=1S/C22H20FN5O3/c1-3-31-17-7-5-4-6-15(17)28-16(13-8-10-14(23)11-9-13)12-27-18-19(24-21(27)28)26(2)22(30)25-20(18)29/h4-12,18-19H,3H2,1-2H3,(H,25,29,30).